The van der Waals surface area contributed by atoms with Crippen LogP contribution in [0.4, 0.5) is 0 Å². The van der Waals surface area contributed by atoms with Gasteiger partial charge in [-0.1, -0.05) is 6.07 Å². The Morgan fingerprint density at radius 3 is 2.81 bits per heavy atom. The molecule has 6 nitrogen and oxygen atoms in total. The monoisotopic (exact) mass is 356 g/mol. The van der Waals surface area contributed by atoms with Crippen LogP contribution in [0.1, 0.15) is 24.1 Å². The highest BCUT2D eigenvalue weighted by atomic mass is 16.7. The molecule has 0 saturated carbocycles. The SMILES string of the molecule is COc1cc2c(cc1CN(Cc1ccccn1)C[C@@H]1CCCO1)OCO2. The average Bonchev–Trinajstić information content (AvgIpc) is 3.33. The summed E-state index contributed by atoms with van der Waals surface area (Å²) in [6.45, 7) is 3.48. The summed E-state index contributed by atoms with van der Waals surface area (Å²) < 4.78 is 22.4. The van der Waals surface area contributed by atoms with Crippen molar-refractivity contribution in [2.24, 2.45) is 0 Å². The summed E-state index contributed by atoms with van der Waals surface area (Å²) in [6.07, 6.45) is 4.35. The van der Waals surface area contributed by atoms with E-state index < -0.39 is 0 Å². The fourth-order valence-electron chi connectivity index (χ4n) is 3.50. The number of aromatic nitrogens is 1. The summed E-state index contributed by atoms with van der Waals surface area (Å²) in [6, 6.07) is 9.94. The molecule has 3 heterocycles. The maximum atomic E-state index is 5.85. The summed E-state index contributed by atoms with van der Waals surface area (Å²) >= 11 is 0. The molecule has 2 aromatic rings. The smallest absolute Gasteiger partial charge is 0.231 e. The Hall–Kier alpha value is -2.31. The first kappa shape index (κ1) is 17.1. The molecule has 0 radical (unpaired) electrons. The summed E-state index contributed by atoms with van der Waals surface area (Å²) in [4.78, 5) is 6.84. The van der Waals surface area contributed by atoms with E-state index in [0.717, 1.165) is 67.6 Å². The van der Waals surface area contributed by atoms with Crippen LogP contribution in [-0.2, 0) is 17.8 Å². The minimum atomic E-state index is 0.259. The largest absolute Gasteiger partial charge is 0.496 e. The van der Waals surface area contributed by atoms with Crippen LogP contribution in [0, 0.1) is 0 Å². The Morgan fingerprint density at radius 1 is 1.19 bits per heavy atom. The fraction of sp³-hybridized carbons (Fsp3) is 0.450. The van der Waals surface area contributed by atoms with E-state index >= 15 is 0 Å². The highest BCUT2D eigenvalue weighted by Gasteiger charge is 2.23. The van der Waals surface area contributed by atoms with E-state index in [1.54, 1.807) is 7.11 Å². The number of benzene rings is 1. The van der Waals surface area contributed by atoms with Crippen LogP contribution in [0.5, 0.6) is 17.2 Å². The lowest BCUT2D eigenvalue weighted by Gasteiger charge is -2.26. The lowest BCUT2D eigenvalue weighted by molar-refractivity contribution is 0.0672. The number of nitrogens with zero attached hydrogens (tertiary/aromatic N) is 2. The first-order valence-corrected chi connectivity index (χ1v) is 9.02. The van der Waals surface area contributed by atoms with Gasteiger partial charge in [0.1, 0.15) is 5.75 Å². The van der Waals surface area contributed by atoms with Crippen LogP contribution in [0.3, 0.4) is 0 Å². The zero-order chi connectivity index (χ0) is 17.8. The predicted octanol–water partition coefficient (Wildman–Crippen LogP) is 3.00. The summed E-state index contributed by atoms with van der Waals surface area (Å²) in [7, 11) is 1.68. The van der Waals surface area contributed by atoms with Gasteiger partial charge >= 0.3 is 0 Å². The molecule has 4 rings (SSSR count). The van der Waals surface area contributed by atoms with Crippen molar-refractivity contribution < 1.29 is 18.9 Å². The molecule has 0 unspecified atom stereocenters. The Kier molecular flexibility index (Phi) is 5.22. The Labute approximate surface area is 153 Å². The van der Waals surface area contributed by atoms with Gasteiger partial charge in [-0.05, 0) is 31.0 Å². The average molecular weight is 356 g/mol. The van der Waals surface area contributed by atoms with Crippen molar-refractivity contribution in [1.82, 2.24) is 9.88 Å². The van der Waals surface area contributed by atoms with Crippen LogP contribution in [-0.4, -0.2) is 43.0 Å². The van der Waals surface area contributed by atoms with Crippen molar-refractivity contribution in [3.63, 3.8) is 0 Å². The molecule has 1 atom stereocenters. The minimum absolute atomic E-state index is 0.259. The molecular weight excluding hydrogens is 332 g/mol. The van der Waals surface area contributed by atoms with Gasteiger partial charge in [0.25, 0.3) is 0 Å². The first-order chi connectivity index (χ1) is 12.8. The molecule has 2 aliphatic rings. The molecule has 1 aromatic heterocycles. The molecule has 6 heteroatoms. The predicted molar refractivity (Wildman–Crippen MR) is 96.4 cm³/mol. The first-order valence-electron chi connectivity index (χ1n) is 9.02. The van der Waals surface area contributed by atoms with Crippen molar-refractivity contribution >= 4 is 0 Å². The third-order valence-corrected chi connectivity index (χ3v) is 4.77. The van der Waals surface area contributed by atoms with Crippen molar-refractivity contribution in [1.29, 1.82) is 0 Å². The van der Waals surface area contributed by atoms with Crippen LogP contribution < -0.4 is 14.2 Å². The molecule has 2 aliphatic heterocycles. The molecule has 1 fully saturated rings. The topological polar surface area (TPSA) is 53.1 Å². The quantitative estimate of drug-likeness (QED) is 0.760. The normalized spacial score (nSPS) is 18.5. The number of fused-ring (bicyclic) bond motifs is 1. The van der Waals surface area contributed by atoms with Gasteiger partial charge in [0, 0.05) is 44.1 Å². The van der Waals surface area contributed by atoms with E-state index in [4.69, 9.17) is 18.9 Å². The number of rotatable bonds is 7. The second-order valence-electron chi connectivity index (χ2n) is 6.64. The van der Waals surface area contributed by atoms with E-state index in [2.05, 4.69) is 16.0 Å². The van der Waals surface area contributed by atoms with Crippen LogP contribution in [0.15, 0.2) is 36.5 Å². The Balaban J connectivity index is 1.55. The van der Waals surface area contributed by atoms with Crippen molar-refractivity contribution in [3.05, 3.63) is 47.8 Å². The van der Waals surface area contributed by atoms with Gasteiger partial charge in [-0.15, -0.1) is 0 Å². The molecule has 0 spiro atoms. The third-order valence-electron chi connectivity index (χ3n) is 4.77. The standard InChI is InChI=1S/C20H24N2O4/c1-23-18-10-20-19(25-14-26-20)9-15(18)11-22(13-17-6-4-8-24-17)12-16-5-2-3-7-21-16/h2-3,5,7,9-10,17H,4,6,8,11-14H2,1H3/t17-/m0/s1. The van der Waals surface area contributed by atoms with Gasteiger partial charge in [0.15, 0.2) is 11.5 Å². The minimum Gasteiger partial charge on any atom is -0.496 e. The van der Waals surface area contributed by atoms with E-state index in [0.29, 0.717) is 0 Å². The number of pyridine rings is 1. The second kappa shape index (κ2) is 7.93. The summed E-state index contributed by atoms with van der Waals surface area (Å²) in [5, 5.41) is 0. The van der Waals surface area contributed by atoms with Crippen LogP contribution in [0.2, 0.25) is 0 Å². The highest BCUT2D eigenvalue weighted by Crippen LogP contribution is 2.38. The number of ether oxygens (including phenoxy) is 4. The second-order valence-corrected chi connectivity index (χ2v) is 6.64. The van der Waals surface area contributed by atoms with Gasteiger partial charge in [-0.2, -0.15) is 0 Å². The molecule has 0 bridgehead atoms. The van der Waals surface area contributed by atoms with Gasteiger partial charge in [-0.25, -0.2) is 0 Å². The Morgan fingerprint density at radius 2 is 2.08 bits per heavy atom. The van der Waals surface area contributed by atoms with E-state index in [-0.39, 0.29) is 12.9 Å². The van der Waals surface area contributed by atoms with E-state index in [1.165, 1.54) is 0 Å². The maximum absolute atomic E-state index is 5.85. The zero-order valence-corrected chi connectivity index (χ0v) is 15.0. The number of hydrogen-bond acceptors (Lipinski definition) is 6. The lowest BCUT2D eigenvalue weighted by Crippen LogP contribution is -2.31. The molecule has 0 N–H and O–H groups in total. The van der Waals surface area contributed by atoms with E-state index in [9.17, 15) is 0 Å². The molecule has 26 heavy (non-hydrogen) atoms. The van der Waals surface area contributed by atoms with Gasteiger partial charge < -0.3 is 18.9 Å². The van der Waals surface area contributed by atoms with Crippen LogP contribution in [0.25, 0.3) is 0 Å². The molecule has 1 saturated heterocycles. The van der Waals surface area contributed by atoms with Crippen molar-refractivity contribution in [3.8, 4) is 17.2 Å². The summed E-state index contributed by atoms with van der Waals surface area (Å²) in [5.41, 5.74) is 2.12. The molecule has 0 amide bonds. The molecule has 1 aromatic carbocycles. The summed E-state index contributed by atoms with van der Waals surface area (Å²) in [5.74, 6) is 2.32. The van der Waals surface area contributed by atoms with Crippen LogP contribution >= 0.6 is 0 Å². The number of methoxy groups -OCH3 is 1. The van der Waals surface area contributed by atoms with E-state index in [1.807, 2.05) is 30.5 Å². The molecule has 138 valence electrons. The van der Waals surface area contributed by atoms with Gasteiger partial charge in [0.2, 0.25) is 6.79 Å². The maximum Gasteiger partial charge on any atom is 0.231 e. The zero-order valence-electron chi connectivity index (χ0n) is 15.0. The number of hydrogen-bond donors (Lipinski definition) is 0. The van der Waals surface area contributed by atoms with Crippen molar-refractivity contribution in [2.75, 3.05) is 27.1 Å². The fourth-order valence-corrected chi connectivity index (χ4v) is 3.50. The molecule has 0 aliphatic carbocycles. The molecular formula is C20H24N2O4. The lowest BCUT2D eigenvalue weighted by atomic mass is 10.1. The Bertz CT molecular complexity index is 732. The van der Waals surface area contributed by atoms with Gasteiger partial charge in [0.05, 0.1) is 18.9 Å². The highest BCUT2D eigenvalue weighted by molar-refractivity contribution is 5.51. The van der Waals surface area contributed by atoms with Gasteiger partial charge in [-0.3, -0.25) is 9.88 Å². The van der Waals surface area contributed by atoms with Crippen molar-refractivity contribution in [2.45, 2.75) is 32.0 Å². The third kappa shape index (κ3) is 3.92.